The summed E-state index contributed by atoms with van der Waals surface area (Å²) in [4.78, 5) is 12.5. The molecule has 19 heavy (non-hydrogen) atoms. The second-order valence-corrected chi connectivity index (χ2v) is 5.22. The minimum atomic E-state index is -0.464. The van der Waals surface area contributed by atoms with Crippen LogP contribution in [0.2, 0.25) is 0 Å². The van der Waals surface area contributed by atoms with E-state index in [2.05, 4.69) is 5.32 Å². The molecule has 102 valence electrons. The van der Waals surface area contributed by atoms with Crippen LogP contribution in [-0.2, 0) is 4.79 Å². The van der Waals surface area contributed by atoms with Crippen molar-refractivity contribution in [2.75, 3.05) is 12.3 Å². The van der Waals surface area contributed by atoms with Gasteiger partial charge in [-0.15, -0.1) is 11.8 Å². The van der Waals surface area contributed by atoms with Crippen molar-refractivity contribution in [3.8, 4) is 6.07 Å². The first-order chi connectivity index (χ1) is 9.15. The number of nitrogens with one attached hydrogen (secondary N) is 1. The molecule has 1 aromatic carbocycles. The van der Waals surface area contributed by atoms with Crippen LogP contribution in [0.4, 0.5) is 0 Å². The van der Waals surface area contributed by atoms with Crippen LogP contribution in [0, 0.1) is 11.3 Å². The summed E-state index contributed by atoms with van der Waals surface area (Å²) < 4.78 is 0. The van der Waals surface area contributed by atoms with Gasteiger partial charge >= 0.3 is 0 Å². The third-order valence-corrected chi connectivity index (χ3v) is 3.52. The Bertz CT molecular complexity index is 440. The molecule has 0 aliphatic carbocycles. The molecule has 0 aromatic heterocycles. The molecule has 4 nitrogen and oxygen atoms in total. The van der Waals surface area contributed by atoms with Crippen molar-refractivity contribution >= 4 is 17.7 Å². The number of carbonyl (C=O) groups is 1. The fourth-order valence-electron chi connectivity index (χ4n) is 1.49. The minimum Gasteiger partial charge on any atom is -0.391 e. The number of aliphatic hydroxyl groups excluding tert-OH is 1. The Kier molecular flexibility index (Phi) is 7.01. The normalized spacial score (nSPS) is 11.6. The van der Waals surface area contributed by atoms with Gasteiger partial charge in [0.2, 0.25) is 5.91 Å². The van der Waals surface area contributed by atoms with Crippen molar-refractivity contribution in [1.82, 2.24) is 5.32 Å². The smallest absolute Gasteiger partial charge is 0.230 e. The number of amides is 1. The summed E-state index contributed by atoms with van der Waals surface area (Å²) in [6.07, 6.45) is 1.13. The van der Waals surface area contributed by atoms with E-state index in [4.69, 9.17) is 5.26 Å². The lowest BCUT2D eigenvalue weighted by atomic mass is 10.2. The first-order valence-corrected chi connectivity index (χ1v) is 7.22. The van der Waals surface area contributed by atoms with E-state index in [1.807, 2.05) is 25.1 Å². The fraction of sp³-hybridized carbons (Fsp3) is 0.429. The van der Waals surface area contributed by atoms with E-state index in [-0.39, 0.29) is 5.91 Å². The van der Waals surface area contributed by atoms with Crippen LogP contribution in [0.25, 0.3) is 0 Å². The molecule has 1 aromatic rings. The second kappa shape index (κ2) is 8.57. The van der Waals surface area contributed by atoms with E-state index in [1.165, 1.54) is 11.8 Å². The summed E-state index contributed by atoms with van der Waals surface area (Å²) in [5.74, 6) is 0.217. The Morgan fingerprint density at radius 3 is 2.74 bits per heavy atom. The van der Waals surface area contributed by atoms with Gasteiger partial charge in [-0.3, -0.25) is 4.79 Å². The molecule has 1 atom stereocenters. The molecule has 1 amide bonds. The van der Waals surface area contributed by atoms with Crippen LogP contribution in [0.3, 0.4) is 0 Å². The number of benzene rings is 1. The molecule has 0 radical (unpaired) electrons. The number of nitriles is 1. The Hall–Kier alpha value is -1.51. The van der Waals surface area contributed by atoms with E-state index < -0.39 is 6.10 Å². The van der Waals surface area contributed by atoms with Gasteiger partial charge in [-0.05, 0) is 30.7 Å². The van der Waals surface area contributed by atoms with Crippen molar-refractivity contribution in [3.63, 3.8) is 0 Å². The lowest BCUT2D eigenvalue weighted by Gasteiger charge is -2.10. The summed E-state index contributed by atoms with van der Waals surface area (Å²) in [5, 5.41) is 20.9. The SMILES string of the molecule is CCCC(O)CNC(=O)CSc1ccc(C#N)cc1. The Morgan fingerprint density at radius 2 is 2.16 bits per heavy atom. The molecular weight excluding hydrogens is 260 g/mol. The highest BCUT2D eigenvalue weighted by Gasteiger charge is 2.06. The molecule has 1 unspecified atom stereocenters. The zero-order chi connectivity index (χ0) is 14.1. The predicted molar refractivity (Wildman–Crippen MR) is 75.8 cm³/mol. The molecule has 5 heteroatoms. The average molecular weight is 278 g/mol. The first kappa shape index (κ1) is 15.5. The standard InChI is InChI=1S/C14H18N2O2S/c1-2-3-12(17)9-16-14(18)10-19-13-6-4-11(8-15)5-7-13/h4-7,12,17H,2-3,9-10H2,1H3,(H,16,18). The molecule has 2 N–H and O–H groups in total. The van der Waals surface area contributed by atoms with E-state index in [0.717, 1.165) is 11.3 Å². The summed E-state index contributed by atoms with van der Waals surface area (Å²) in [5.41, 5.74) is 0.608. The Morgan fingerprint density at radius 1 is 1.47 bits per heavy atom. The van der Waals surface area contributed by atoms with Gasteiger partial charge in [0.25, 0.3) is 0 Å². The van der Waals surface area contributed by atoms with E-state index in [1.54, 1.807) is 12.1 Å². The zero-order valence-electron chi connectivity index (χ0n) is 10.9. The minimum absolute atomic E-state index is 0.0930. The summed E-state index contributed by atoms with van der Waals surface area (Å²) in [6.45, 7) is 2.30. The second-order valence-electron chi connectivity index (χ2n) is 4.17. The highest BCUT2D eigenvalue weighted by Crippen LogP contribution is 2.17. The van der Waals surface area contributed by atoms with Crippen molar-refractivity contribution in [2.45, 2.75) is 30.8 Å². The summed E-state index contributed by atoms with van der Waals surface area (Å²) >= 11 is 1.41. The van der Waals surface area contributed by atoms with Gasteiger partial charge in [0.1, 0.15) is 0 Å². The van der Waals surface area contributed by atoms with Crippen LogP contribution in [0.1, 0.15) is 25.3 Å². The van der Waals surface area contributed by atoms with E-state index >= 15 is 0 Å². The van der Waals surface area contributed by atoms with Gasteiger partial charge in [0, 0.05) is 11.4 Å². The van der Waals surface area contributed by atoms with Gasteiger partial charge in [-0.2, -0.15) is 5.26 Å². The van der Waals surface area contributed by atoms with Crippen LogP contribution in [-0.4, -0.2) is 29.4 Å². The maximum absolute atomic E-state index is 11.6. The van der Waals surface area contributed by atoms with Crippen LogP contribution >= 0.6 is 11.8 Å². The van der Waals surface area contributed by atoms with E-state index in [0.29, 0.717) is 24.3 Å². The first-order valence-electron chi connectivity index (χ1n) is 6.23. The molecule has 0 aliphatic rings. The highest BCUT2D eigenvalue weighted by atomic mass is 32.2. The summed E-state index contributed by atoms with van der Waals surface area (Å²) in [6, 6.07) is 9.15. The van der Waals surface area contributed by atoms with Gasteiger partial charge in [0.15, 0.2) is 0 Å². The van der Waals surface area contributed by atoms with Gasteiger partial charge in [-0.25, -0.2) is 0 Å². The monoisotopic (exact) mass is 278 g/mol. The average Bonchev–Trinajstić information content (AvgIpc) is 2.44. The molecule has 0 bridgehead atoms. The number of thioether (sulfide) groups is 1. The maximum Gasteiger partial charge on any atom is 0.230 e. The lowest BCUT2D eigenvalue weighted by molar-refractivity contribution is -0.119. The highest BCUT2D eigenvalue weighted by molar-refractivity contribution is 8.00. The summed E-state index contributed by atoms with van der Waals surface area (Å²) in [7, 11) is 0. The fourth-order valence-corrected chi connectivity index (χ4v) is 2.22. The third-order valence-electron chi connectivity index (χ3n) is 2.51. The number of aliphatic hydroxyl groups is 1. The Balaban J connectivity index is 2.28. The molecular formula is C14H18N2O2S. The number of hydrogen-bond acceptors (Lipinski definition) is 4. The van der Waals surface area contributed by atoms with Gasteiger partial charge < -0.3 is 10.4 Å². The molecule has 0 fully saturated rings. The van der Waals surface area contributed by atoms with Crippen LogP contribution in [0.15, 0.2) is 29.2 Å². The predicted octanol–water partition coefficient (Wildman–Crippen LogP) is 1.93. The molecule has 0 saturated heterocycles. The Labute approximate surface area is 117 Å². The van der Waals surface area contributed by atoms with E-state index in [9.17, 15) is 9.90 Å². The van der Waals surface area contributed by atoms with Crippen molar-refractivity contribution in [2.24, 2.45) is 0 Å². The maximum atomic E-state index is 11.6. The van der Waals surface area contributed by atoms with Gasteiger partial charge in [-0.1, -0.05) is 13.3 Å². The molecule has 0 spiro atoms. The topological polar surface area (TPSA) is 73.1 Å². The quantitative estimate of drug-likeness (QED) is 0.747. The van der Waals surface area contributed by atoms with Gasteiger partial charge in [0.05, 0.1) is 23.5 Å². The number of nitrogens with zero attached hydrogens (tertiary/aromatic N) is 1. The van der Waals surface area contributed by atoms with Crippen molar-refractivity contribution in [3.05, 3.63) is 29.8 Å². The van der Waals surface area contributed by atoms with Crippen molar-refractivity contribution in [1.29, 1.82) is 5.26 Å². The molecule has 0 aliphatic heterocycles. The lowest BCUT2D eigenvalue weighted by Crippen LogP contribution is -2.33. The molecule has 0 saturated carbocycles. The largest absolute Gasteiger partial charge is 0.391 e. The number of carbonyl (C=O) groups excluding carboxylic acids is 1. The van der Waals surface area contributed by atoms with Crippen LogP contribution in [0.5, 0.6) is 0 Å². The third kappa shape index (κ3) is 6.27. The zero-order valence-corrected chi connectivity index (χ0v) is 11.7. The molecule has 0 heterocycles. The van der Waals surface area contributed by atoms with Crippen molar-refractivity contribution < 1.29 is 9.90 Å². The number of rotatable bonds is 7. The van der Waals surface area contributed by atoms with Crippen LogP contribution < -0.4 is 5.32 Å². The number of hydrogen-bond donors (Lipinski definition) is 2. The molecule has 1 rings (SSSR count).